The fourth-order valence-corrected chi connectivity index (χ4v) is 2.61. The summed E-state index contributed by atoms with van der Waals surface area (Å²) in [4.78, 5) is 11.0. The van der Waals surface area contributed by atoms with Crippen molar-refractivity contribution in [3.05, 3.63) is 23.8 Å². The van der Waals surface area contributed by atoms with Crippen LogP contribution in [0.15, 0.2) is 18.2 Å². The maximum atomic E-state index is 11.0. The predicted octanol–water partition coefficient (Wildman–Crippen LogP) is 2.43. The Kier molecular flexibility index (Phi) is 2.86. The Labute approximate surface area is 106 Å². The van der Waals surface area contributed by atoms with E-state index in [9.17, 15) is 4.79 Å². The van der Waals surface area contributed by atoms with Crippen LogP contribution in [0.4, 0.5) is 0 Å². The van der Waals surface area contributed by atoms with Gasteiger partial charge in [0.2, 0.25) is 0 Å². The van der Waals surface area contributed by atoms with E-state index in [0.29, 0.717) is 19.1 Å². The SMILES string of the molecule is O=C(O)CC(c1cccc2c1OCCO2)C1CC1. The zero-order valence-corrected chi connectivity index (χ0v) is 10.1. The third-order valence-electron chi connectivity index (χ3n) is 3.58. The molecule has 4 heteroatoms. The molecule has 0 amide bonds. The van der Waals surface area contributed by atoms with E-state index in [2.05, 4.69) is 0 Å². The summed E-state index contributed by atoms with van der Waals surface area (Å²) in [7, 11) is 0. The van der Waals surface area contributed by atoms with Gasteiger partial charge in [-0.3, -0.25) is 4.79 Å². The van der Waals surface area contributed by atoms with Gasteiger partial charge in [-0.15, -0.1) is 0 Å². The summed E-state index contributed by atoms with van der Waals surface area (Å²) in [5.41, 5.74) is 0.997. The number of hydrogen-bond acceptors (Lipinski definition) is 3. The highest BCUT2D eigenvalue weighted by atomic mass is 16.6. The molecule has 0 radical (unpaired) electrons. The van der Waals surface area contributed by atoms with Gasteiger partial charge in [0.1, 0.15) is 13.2 Å². The summed E-state index contributed by atoms with van der Waals surface area (Å²) in [5.74, 6) is 1.29. The van der Waals surface area contributed by atoms with Crippen LogP contribution in [-0.4, -0.2) is 24.3 Å². The first-order valence-corrected chi connectivity index (χ1v) is 6.36. The van der Waals surface area contributed by atoms with Gasteiger partial charge >= 0.3 is 5.97 Å². The zero-order chi connectivity index (χ0) is 12.5. The van der Waals surface area contributed by atoms with E-state index in [1.807, 2.05) is 18.2 Å². The van der Waals surface area contributed by atoms with E-state index in [4.69, 9.17) is 14.6 Å². The van der Waals surface area contributed by atoms with Gasteiger partial charge in [0.05, 0.1) is 6.42 Å². The Morgan fingerprint density at radius 1 is 1.33 bits per heavy atom. The lowest BCUT2D eigenvalue weighted by Crippen LogP contribution is -2.18. The molecule has 0 spiro atoms. The standard InChI is InChI=1S/C14H16O4/c15-13(16)8-11(9-4-5-9)10-2-1-3-12-14(10)18-7-6-17-12/h1-3,9,11H,4-8H2,(H,15,16). The van der Waals surface area contributed by atoms with Crippen LogP contribution in [-0.2, 0) is 4.79 Å². The van der Waals surface area contributed by atoms with Crippen molar-refractivity contribution in [3.63, 3.8) is 0 Å². The maximum Gasteiger partial charge on any atom is 0.303 e. The fraction of sp³-hybridized carbons (Fsp3) is 0.500. The topological polar surface area (TPSA) is 55.8 Å². The van der Waals surface area contributed by atoms with E-state index in [0.717, 1.165) is 29.9 Å². The third kappa shape index (κ3) is 2.15. The van der Waals surface area contributed by atoms with E-state index in [-0.39, 0.29) is 12.3 Å². The number of ether oxygens (including phenoxy) is 2. The molecule has 0 bridgehead atoms. The van der Waals surface area contributed by atoms with Crippen LogP contribution in [0.1, 0.15) is 30.7 Å². The minimum atomic E-state index is -0.749. The van der Waals surface area contributed by atoms with Gasteiger partial charge in [0, 0.05) is 11.5 Å². The molecule has 1 aliphatic carbocycles. The Hall–Kier alpha value is -1.71. The second-order valence-corrected chi connectivity index (χ2v) is 4.91. The van der Waals surface area contributed by atoms with Gasteiger partial charge in [0.15, 0.2) is 11.5 Å². The first kappa shape index (κ1) is 11.4. The Morgan fingerprint density at radius 2 is 2.11 bits per heavy atom. The third-order valence-corrected chi connectivity index (χ3v) is 3.58. The zero-order valence-electron chi connectivity index (χ0n) is 10.1. The number of aliphatic carboxylic acids is 1. The van der Waals surface area contributed by atoms with Gasteiger partial charge in [0.25, 0.3) is 0 Å². The number of carboxylic acids is 1. The average molecular weight is 248 g/mol. The van der Waals surface area contributed by atoms with Crippen LogP contribution >= 0.6 is 0 Å². The Morgan fingerprint density at radius 3 is 2.83 bits per heavy atom. The smallest absolute Gasteiger partial charge is 0.303 e. The molecule has 96 valence electrons. The molecule has 1 aromatic carbocycles. The Balaban J connectivity index is 1.95. The molecule has 1 atom stereocenters. The van der Waals surface area contributed by atoms with Crippen molar-refractivity contribution < 1.29 is 19.4 Å². The highest BCUT2D eigenvalue weighted by Gasteiger charge is 2.36. The summed E-state index contributed by atoms with van der Waals surface area (Å²) in [6.07, 6.45) is 2.40. The normalized spacial score (nSPS) is 19.3. The quantitative estimate of drug-likeness (QED) is 0.889. The molecule has 4 nitrogen and oxygen atoms in total. The van der Waals surface area contributed by atoms with E-state index in [1.54, 1.807) is 0 Å². The van der Waals surface area contributed by atoms with Crippen molar-refractivity contribution in [1.29, 1.82) is 0 Å². The second kappa shape index (κ2) is 4.52. The lowest BCUT2D eigenvalue weighted by molar-refractivity contribution is -0.137. The molecule has 1 unspecified atom stereocenters. The molecule has 1 fully saturated rings. The second-order valence-electron chi connectivity index (χ2n) is 4.91. The van der Waals surface area contributed by atoms with Gasteiger partial charge in [-0.25, -0.2) is 0 Å². The van der Waals surface area contributed by atoms with Gasteiger partial charge in [-0.1, -0.05) is 12.1 Å². The van der Waals surface area contributed by atoms with Crippen molar-refractivity contribution >= 4 is 5.97 Å². The summed E-state index contributed by atoms with van der Waals surface area (Å²) in [5, 5.41) is 9.05. The number of para-hydroxylation sites is 1. The lowest BCUT2D eigenvalue weighted by atomic mass is 9.90. The molecule has 1 saturated carbocycles. The molecule has 2 aliphatic rings. The molecule has 3 rings (SSSR count). The van der Waals surface area contributed by atoms with E-state index in [1.165, 1.54) is 0 Å². The highest BCUT2D eigenvalue weighted by Crippen LogP contribution is 2.49. The van der Waals surface area contributed by atoms with Crippen LogP contribution in [0.25, 0.3) is 0 Å². The molecule has 1 aliphatic heterocycles. The van der Waals surface area contributed by atoms with Crippen molar-refractivity contribution in [1.82, 2.24) is 0 Å². The fourth-order valence-electron chi connectivity index (χ4n) is 2.61. The molecule has 1 aromatic rings. The lowest BCUT2D eigenvalue weighted by Gasteiger charge is -2.24. The Bertz CT molecular complexity index is 465. The van der Waals surface area contributed by atoms with E-state index >= 15 is 0 Å². The molecule has 0 aromatic heterocycles. The number of carboxylic acid groups (broad SMARTS) is 1. The maximum absolute atomic E-state index is 11.0. The number of hydrogen-bond donors (Lipinski definition) is 1. The number of benzene rings is 1. The first-order chi connectivity index (χ1) is 8.75. The summed E-state index contributed by atoms with van der Waals surface area (Å²) in [6, 6.07) is 5.77. The summed E-state index contributed by atoms with van der Waals surface area (Å²) >= 11 is 0. The van der Waals surface area contributed by atoms with Crippen molar-refractivity contribution in [2.24, 2.45) is 5.92 Å². The summed E-state index contributed by atoms with van der Waals surface area (Å²) in [6.45, 7) is 1.10. The largest absolute Gasteiger partial charge is 0.486 e. The molecule has 1 heterocycles. The van der Waals surface area contributed by atoms with Crippen molar-refractivity contribution in [3.8, 4) is 11.5 Å². The van der Waals surface area contributed by atoms with Crippen LogP contribution in [0.3, 0.4) is 0 Å². The predicted molar refractivity (Wildman–Crippen MR) is 65.1 cm³/mol. The van der Waals surface area contributed by atoms with Crippen LogP contribution in [0.5, 0.6) is 11.5 Å². The minimum absolute atomic E-state index is 0.0548. The molecular formula is C14H16O4. The van der Waals surface area contributed by atoms with Crippen LogP contribution in [0, 0.1) is 5.92 Å². The number of carbonyl (C=O) groups is 1. The minimum Gasteiger partial charge on any atom is -0.486 e. The van der Waals surface area contributed by atoms with Crippen LogP contribution in [0.2, 0.25) is 0 Å². The van der Waals surface area contributed by atoms with Gasteiger partial charge in [-0.2, -0.15) is 0 Å². The average Bonchev–Trinajstić information content (AvgIpc) is 3.19. The monoisotopic (exact) mass is 248 g/mol. The van der Waals surface area contributed by atoms with Crippen molar-refractivity contribution in [2.45, 2.75) is 25.2 Å². The molecular weight excluding hydrogens is 232 g/mol. The first-order valence-electron chi connectivity index (χ1n) is 6.36. The molecule has 0 saturated heterocycles. The summed E-state index contributed by atoms with van der Waals surface area (Å²) < 4.78 is 11.2. The number of fused-ring (bicyclic) bond motifs is 1. The van der Waals surface area contributed by atoms with Gasteiger partial charge < -0.3 is 14.6 Å². The number of rotatable bonds is 4. The van der Waals surface area contributed by atoms with Crippen LogP contribution < -0.4 is 9.47 Å². The molecule has 18 heavy (non-hydrogen) atoms. The highest BCUT2D eigenvalue weighted by molar-refractivity contribution is 5.69. The molecule has 1 N–H and O–H groups in total. The van der Waals surface area contributed by atoms with E-state index < -0.39 is 5.97 Å². The van der Waals surface area contributed by atoms with Gasteiger partial charge in [-0.05, 0) is 24.8 Å². The van der Waals surface area contributed by atoms with Crippen molar-refractivity contribution in [2.75, 3.05) is 13.2 Å².